The molecule has 0 bridgehead atoms. The van der Waals surface area contributed by atoms with Gasteiger partial charge in [-0.3, -0.25) is 0 Å². The Kier molecular flexibility index (Phi) is 6.12. The molecule has 15 heavy (non-hydrogen) atoms. The van der Waals surface area contributed by atoms with Crippen LogP contribution in [0.25, 0.3) is 0 Å². The molecule has 0 amide bonds. The molecule has 1 aromatic carbocycles. The van der Waals surface area contributed by atoms with Crippen molar-refractivity contribution < 1.29 is 14.4 Å². The van der Waals surface area contributed by atoms with E-state index in [1.54, 1.807) is 6.07 Å². The van der Waals surface area contributed by atoms with Crippen molar-refractivity contribution in [2.45, 2.75) is 13.3 Å². The summed E-state index contributed by atoms with van der Waals surface area (Å²) < 4.78 is 0. The van der Waals surface area contributed by atoms with Gasteiger partial charge in [0, 0.05) is 6.42 Å². The molecule has 0 atom stereocenters. The molecule has 1 aromatic rings. The highest BCUT2D eigenvalue weighted by Gasteiger charge is 1.98. The topological polar surface area (TPSA) is 75.0 Å². The quantitative estimate of drug-likeness (QED) is 0.672. The molecule has 0 fully saturated rings. The van der Waals surface area contributed by atoms with Crippen molar-refractivity contribution in [2.24, 2.45) is 0 Å². The standard InChI is InChI=1S/C10H9NO.CO2/c1-8-2-3-9(4-5-12)6-10(8)7-11;2-1-3/h2-3,5-6H,4H2,1H3;. The predicted molar refractivity (Wildman–Crippen MR) is 50.7 cm³/mol. The van der Waals surface area contributed by atoms with Crippen LogP contribution in [0.2, 0.25) is 0 Å². The fourth-order valence-electron chi connectivity index (χ4n) is 1.01. The van der Waals surface area contributed by atoms with Gasteiger partial charge in [0.05, 0.1) is 11.6 Å². The number of nitriles is 1. The maximum absolute atomic E-state index is 10.2. The highest BCUT2D eigenvalue weighted by molar-refractivity contribution is 5.56. The molecular weight excluding hydrogens is 194 g/mol. The molecule has 0 N–H and O–H groups in total. The van der Waals surface area contributed by atoms with Crippen molar-refractivity contribution in [3.05, 3.63) is 34.9 Å². The third-order valence-electron chi connectivity index (χ3n) is 1.74. The predicted octanol–water partition coefficient (Wildman–Crippen LogP) is 1.02. The summed E-state index contributed by atoms with van der Waals surface area (Å²) in [4.78, 5) is 26.4. The largest absolute Gasteiger partial charge is 0.373 e. The molecule has 0 spiro atoms. The van der Waals surface area contributed by atoms with Gasteiger partial charge in [0.15, 0.2) is 0 Å². The van der Waals surface area contributed by atoms with Gasteiger partial charge in [-0.15, -0.1) is 0 Å². The van der Waals surface area contributed by atoms with E-state index in [2.05, 4.69) is 6.07 Å². The third-order valence-corrected chi connectivity index (χ3v) is 1.74. The summed E-state index contributed by atoms with van der Waals surface area (Å²) in [6.45, 7) is 1.88. The smallest absolute Gasteiger partial charge is 0.303 e. The third kappa shape index (κ3) is 4.51. The van der Waals surface area contributed by atoms with Gasteiger partial charge >= 0.3 is 6.15 Å². The van der Waals surface area contributed by atoms with Crippen LogP contribution >= 0.6 is 0 Å². The molecule has 4 heteroatoms. The Balaban J connectivity index is 0.000000583. The Morgan fingerprint density at radius 1 is 1.40 bits per heavy atom. The minimum absolute atomic E-state index is 0.250. The molecule has 76 valence electrons. The summed E-state index contributed by atoms with van der Waals surface area (Å²) in [6, 6.07) is 7.56. The highest BCUT2D eigenvalue weighted by Crippen LogP contribution is 2.09. The van der Waals surface area contributed by atoms with Gasteiger partial charge in [-0.05, 0) is 24.1 Å². The maximum Gasteiger partial charge on any atom is 0.373 e. The Bertz CT molecular complexity index is 412. The van der Waals surface area contributed by atoms with Gasteiger partial charge in [-0.25, -0.2) is 0 Å². The van der Waals surface area contributed by atoms with E-state index in [1.165, 1.54) is 0 Å². The molecule has 4 nitrogen and oxygen atoms in total. The average molecular weight is 203 g/mol. The number of benzene rings is 1. The van der Waals surface area contributed by atoms with E-state index in [1.807, 2.05) is 19.1 Å². The van der Waals surface area contributed by atoms with Gasteiger partial charge in [-0.1, -0.05) is 12.1 Å². The number of aldehydes is 1. The molecule has 0 aromatic heterocycles. The zero-order valence-electron chi connectivity index (χ0n) is 8.19. The second-order valence-corrected chi connectivity index (χ2v) is 2.72. The fourth-order valence-corrected chi connectivity index (χ4v) is 1.01. The summed E-state index contributed by atoms with van der Waals surface area (Å²) in [5, 5.41) is 8.67. The monoisotopic (exact) mass is 203 g/mol. The van der Waals surface area contributed by atoms with Crippen LogP contribution in [-0.2, 0) is 20.8 Å². The van der Waals surface area contributed by atoms with Crippen LogP contribution in [0.5, 0.6) is 0 Å². The second kappa shape index (κ2) is 7.19. The van der Waals surface area contributed by atoms with Gasteiger partial charge in [0.1, 0.15) is 6.29 Å². The Morgan fingerprint density at radius 3 is 2.47 bits per heavy atom. The number of nitrogens with zero attached hydrogens (tertiary/aromatic N) is 1. The van der Waals surface area contributed by atoms with Gasteiger partial charge in [-0.2, -0.15) is 14.9 Å². The van der Waals surface area contributed by atoms with Gasteiger partial charge < -0.3 is 4.79 Å². The van der Waals surface area contributed by atoms with Crippen LogP contribution in [0.4, 0.5) is 0 Å². The van der Waals surface area contributed by atoms with Crippen molar-refractivity contribution in [3.63, 3.8) is 0 Å². The Morgan fingerprint density at radius 2 is 2.00 bits per heavy atom. The SMILES string of the molecule is Cc1ccc(CC=O)cc1C#N.O=C=O. The zero-order chi connectivity index (χ0) is 11.7. The first kappa shape index (κ1) is 12.8. The highest BCUT2D eigenvalue weighted by atomic mass is 16.2. The van der Waals surface area contributed by atoms with E-state index in [0.29, 0.717) is 12.0 Å². The summed E-state index contributed by atoms with van der Waals surface area (Å²) in [6.07, 6.45) is 1.47. The fraction of sp³-hybridized carbons (Fsp3) is 0.182. The number of carbonyl (C=O) groups excluding carboxylic acids is 3. The van der Waals surface area contributed by atoms with E-state index in [0.717, 1.165) is 17.4 Å². The molecule has 0 aliphatic carbocycles. The molecule has 0 unspecified atom stereocenters. The van der Waals surface area contributed by atoms with Gasteiger partial charge in [0.25, 0.3) is 0 Å². The summed E-state index contributed by atoms with van der Waals surface area (Å²) in [5.74, 6) is 0. The van der Waals surface area contributed by atoms with Crippen molar-refractivity contribution >= 4 is 12.4 Å². The minimum Gasteiger partial charge on any atom is -0.303 e. The number of rotatable bonds is 2. The average Bonchev–Trinajstić information content (AvgIpc) is 2.22. The van der Waals surface area contributed by atoms with E-state index in [-0.39, 0.29) is 6.15 Å². The summed E-state index contributed by atoms with van der Waals surface area (Å²) >= 11 is 0. The maximum atomic E-state index is 10.2. The molecular formula is C11H9NO3. The Labute approximate surface area is 87.1 Å². The summed E-state index contributed by atoms with van der Waals surface area (Å²) in [7, 11) is 0. The second-order valence-electron chi connectivity index (χ2n) is 2.72. The van der Waals surface area contributed by atoms with Crippen LogP contribution in [0.15, 0.2) is 18.2 Å². The van der Waals surface area contributed by atoms with Crippen LogP contribution in [0.1, 0.15) is 16.7 Å². The Hall–Kier alpha value is -2.24. The van der Waals surface area contributed by atoms with Crippen molar-refractivity contribution in [2.75, 3.05) is 0 Å². The molecule has 0 aliphatic rings. The minimum atomic E-state index is 0.250. The van der Waals surface area contributed by atoms with Crippen LogP contribution in [0, 0.1) is 18.3 Å². The number of hydrogen-bond donors (Lipinski definition) is 0. The van der Waals surface area contributed by atoms with Gasteiger partial charge in [0.2, 0.25) is 0 Å². The lowest BCUT2D eigenvalue weighted by Crippen LogP contribution is -1.89. The van der Waals surface area contributed by atoms with Crippen molar-refractivity contribution in [1.82, 2.24) is 0 Å². The molecule has 0 radical (unpaired) electrons. The lowest BCUT2D eigenvalue weighted by molar-refractivity contribution is -0.191. The molecule has 1 rings (SSSR count). The molecule has 0 saturated heterocycles. The summed E-state index contributed by atoms with van der Waals surface area (Å²) in [5.41, 5.74) is 2.49. The molecule has 0 heterocycles. The van der Waals surface area contributed by atoms with E-state index < -0.39 is 0 Å². The van der Waals surface area contributed by atoms with Crippen LogP contribution in [0.3, 0.4) is 0 Å². The van der Waals surface area contributed by atoms with E-state index >= 15 is 0 Å². The first-order chi connectivity index (χ1) is 7.19. The normalized spacial score (nSPS) is 7.73. The number of aryl methyl sites for hydroxylation is 1. The number of carbonyl (C=O) groups is 1. The lowest BCUT2D eigenvalue weighted by atomic mass is 10.0. The van der Waals surface area contributed by atoms with Crippen molar-refractivity contribution in [3.8, 4) is 6.07 Å². The number of hydrogen-bond acceptors (Lipinski definition) is 4. The molecule has 0 aliphatic heterocycles. The molecule has 0 saturated carbocycles. The van der Waals surface area contributed by atoms with E-state index in [4.69, 9.17) is 14.9 Å². The van der Waals surface area contributed by atoms with Crippen molar-refractivity contribution in [1.29, 1.82) is 5.26 Å². The van der Waals surface area contributed by atoms with Crippen LogP contribution in [-0.4, -0.2) is 12.4 Å². The van der Waals surface area contributed by atoms with Crippen LogP contribution < -0.4 is 0 Å². The van der Waals surface area contributed by atoms with E-state index in [9.17, 15) is 4.79 Å². The first-order valence-corrected chi connectivity index (χ1v) is 4.12. The first-order valence-electron chi connectivity index (χ1n) is 4.12. The zero-order valence-corrected chi connectivity index (χ0v) is 8.19. The lowest BCUT2D eigenvalue weighted by Gasteiger charge is -1.98.